The molecule has 2 aliphatic carbocycles. The van der Waals surface area contributed by atoms with Gasteiger partial charge in [-0.2, -0.15) is 0 Å². The molecule has 0 saturated heterocycles. The molecule has 122 valence electrons. The number of fused-ring (bicyclic) bond motifs is 3. The number of rotatable bonds is 2. The molecule has 1 unspecified atom stereocenters. The first-order valence-electron chi connectivity index (χ1n) is 8.77. The second-order valence-corrected chi connectivity index (χ2v) is 8.50. The molecule has 2 nitrogen and oxygen atoms in total. The van der Waals surface area contributed by atoms with Gasteiger partial charge in [-0.15, -0.1) is 0 Å². The van der Waals surface area contributed by atoms with Gasteiger partial charge in [-0.25, -0.2) is 0 Å². The van der Waals surface area contributed by atoms with Crippen molar-refractivity contribution in [2.45, 2.75) is 71.1 Å². The van der Waals surface area contributed by atoms with Gasteiger partial charge in [-0.1, -0.05) is 40.2 Å². The van der Waals surface area contributed by atoms with E-state index in [-0.39, 0.29) is 17.9 Å². The fourth-order valence-corrected chi connectivity index (χ4v) is 5.34. The Morgan fingerprint density at radius 3 is 2.64 bits per heavy atom. The van der Waals surface area contributed by atoms with E-state index in [2.05, 4.69) is 26.8 Å². The first-order chi connectivity index (χ1) is 10.3. The van der Waals surface area contributed by atoms with Crippen LogP contribution in [-0.2, 0) is 11.8 Å². The normalized spacial score (nSPS) is 31.2. The van der Waals surface area contributed by atoms with Gasteiger partial charge in [0.15, 0.2) is 0 Å². The zero-order valence-electron chi connectivity index (χ0n) is 14.4. The number of aliphatic hydroxyl groups excluding tert-OH is 1. The van der Waals surface area contributed by atoms with Crippen LogP contribution in [0.2, 0.25) is 0 Å². The molecule has 0 spiro atoms. The van der Waals surface area contributed by atoms with E-state index in [0.29, 0.717) is 17.1 Å². The summed E-state index contributed by atoms with van der Waals surface area (Å²) in [6, 6.07) is 4.18. The quantitative estimate of drug-likeness (QED) is 0.843. The lowest BCUT2D eigenvalue weighted by Gasteiger charge is -2.54. The van der Waals surface area contributed by atoms with Crippen molar-refractivity contribution in [3.63, 3.8) is 0 Å². The molecule has 1 aromatic rings. The predicted molar refractivity (Wildman–Crippen MR) is 90.4 cm³/mol. The number of aryl methyl sites for hydroxylation is 1. The number of benzene rings is 1. The molecule has 3 rings (SSSR count). The third kappa shape index (κ3) is 2.27. The van der Waals surface area contributed by atoms with Crippen molar-refractivity contribution in [3.8, 4) is 5.75 Å². The summed E-state index contributed by atoms with van der Waals surface area (Å²) in [6.45, 7) is 9.30. The predicted octanol–water partition coefficient (Wildman–Crippen LogP) is 4.52. The second kappa shape index (κ2) is 5.26. The first-order valence-corrected chi connectivity index (χ1v) is 8.77. The number of aromatic hydroxyl groups is 1. The van der Waals surface area contributed by atoms with Crippen LogP contribution < -0.4 is 0 Å². The van der Waals surface area contributed by atoms with Crippen molar-refractivity contribution in [2.75, 3.05) is 6.61 Å². The Bertz CT molecular complexity index is 575. The molecule has 0 aliphatic heterocycles. The van der Waals surface area contributed by atoms with E-state index in [4.69, 9.17) is 0 Å². The largest absolute Gasteiger partial charge is 0.508 e. The van der Waals surface area contributed by atoms with Crippen LogP contribution in [0.5, 0.6) is 5.75 Å². The summed E-state index contributed by atoms with van der Waals surface area (Å²) >= 11 is 0. The average Bonchev–Trinajstić information content (AvgIpc) is 2.45. The average molecular weight is 302 g/mol. The van der Waals surface area contributed by atoms with Crippen LogP contribution in [0.25, 0.3) is 0 Å². The summed E-state index contributed by atoms with van der Waals surface area (Å²) < 4.78 is 0. The Balaban J connectivity index is 2.09. The maximum atomic E-state index is 10.5. The fourth-order valence-electron chi connectivity index (χ4n) is 5.34. The lowest BCUT2D eigenvalue weighted by Crippen LogP contribution is -2.47. The highest BCUT2D eigenvalue weighted by molar-refractivity contribution is 5.49. The maximum absolute atomic E-state index is 10.5. The van der Waals surface area contributed by atoms with Gasteiger partial charge in [0.25, 0.3) is 0 Å². The molecule has 2 aliphatic rings. The van der Waals surface area contributed by atoms with Crippen LogP contribution >= 0.6 is 0 Å². The monoisotopic (exact) mass is 302 g/mol. The highest BCUT2D eigenvalue weighted by atomic mass is 16.3. The molecule has 0 heterocycles. The zero-order valence-corrected chi connectivity index (χ0v) is 14.4. The lowest BCUT2D eigenvalue weighted by atomic mass is 9.50. The molecule has 22 heavy (non-hydrogen) atoms. The van der Waals surface area contributed by atoms with Gasteiger partial charge in [0.05, 0.1) is 0 Å². The van der Waals surface area contributed by atoms with E-state index in [9.17, 15) is 10.2 Å². The van der Waals surface area contributed by atoms with Gasteiger partial charge in [-0.05, 0) is 65.2 Å². The molecule has 0 radical (unpaired) electrons. The summed E-state index contributed by atoms with van der Waals surface area (Å²) in [5, 5.41) is 19.9. The molecule has 1 fully saturated rings. The zero-order chi connectivity index (χ0) is 16.1. The van der Waals surface area contributed by atoms with Gasteiger partial charge in [-0.3, -0.25) is 0 Å². The second-order valence-electron chi connectivity index (χ2n) is 8.50. The van der Waals surface area contributed by atoms with E-state index in [1.54, 1.807) is 0 Å². The van der Waals surface area contributed by atoms with Crippen LogP contribution in [0.3, 0.4) is 0 Å². The summed E-state index contributed by atoms with van der Waals surface area (Å²) in [7, 11) is 0. The Hall–Kier alpha value is -1.02. The van der Waals surface area contributed by atoms with Crippen molar-refractivity contribution < 1.29 is 10.2 Å². The van der Waals surface area contributed by atoms with Crippen LogP contribution in [0.4, 0.5) is 0 Å². The van der Waals surface area contributed by atoms with Gasteiger partial charge in [0, 0.05) is 12.5 Å². The summed E-state index contributed by atoms with van der Waals surface area (Å²) in [5.41, 5.74) is 4.23. The Morgan fingerprint density at radius 1 is 1.23 bits per heavy atom. The minimum absolute atomic E-state index is 0.00127. The SMILES string of the molecule is CC(CO)c1cc2c(cc1O)[C@@]1(C)CCCC(C)(C)[C@@H]1CC2. The molecule has 2 heteroatoms. The Morgan fingerprint density at radius 2 is 1.95 bits per heavy atom. The van der Waals surface area contributed by atoms with Crippen molar-refractivity contribution in [1.29, 1.82) is 0 Å². The smallest absolute Gasteiger partial charge is 0.119 e. The molecule has 3 atom stereocenters. The van der Waals surface area contributed by atoms with Crippen molar-refractivity contribution in [3.05, 3.63) is 28.8 Å². The fraction of sp³-hybridized carbons (Fsp3) is 0.700. The molecule has 2 N–H and O–H groups in total. The van der Waals surface area contributed by atoms with Gasteiger partial charge in [0.2, 0.25) is 0 Å². The van der Waals surface area contributed by atoms with Gasteiger partial charge in [0.1, 0.15) is 5.75 Å². The topological polar surface area (TPSA) is 40.5 Å². The molecular formula is C20H30O2. The minimum Gasteiger partial charge on any atom is -0.508 e. The minimum atomic E-state index is -0.00127. The number of phenols is 1. The van der Waals surface area contributed by atoms with E-state index in [1.807, 2.05) is 13.0 Å². The summed E-state index contributed by atoms with van der Waals surface area (Å²) in [5.74, 6) is 1.06. The molecule has 1 saturated carbocycles. The Kier molecular flexibility index (Phi) is 3.79. The third-order valence-electron chi connectivity index (χ3n) is 6.60. The van der Waals surface area contributed by atoms with Crippen LogP contribution in [0, 0.1) is 11.3 Å². The van der Waals surface area contributed by atoms with Crippen molar-refractivity contribution in [1.82, 2.24) is 0 Å². The first kappa shape index (κ1) is 15.9. The van der Waals surface area contributed by atoms with Crippen LogP contribution in [0.1, 0.15) is 76.0 Å². The molecule has 0 aromatic heterocycles. The lowest BCUT2D eigenvalue weighted by molar-refractivity contribution is 0.0405. The molecular weight excluding hydrogens is 272 g/mol. The molecule has 1 aromatic carbocycles. The highest BCUT2D eigenvalue weighted by Crippen LogP contribution is 2.57. The standard InChI is InChI=1S/C20H30O2/c1-13(12-21)15-10-14-6-7-18-19(2,3)8-5-9-20(18,4)16(14)11-17(15)22/h10-11,13,18,21-22H,5-9,12H2,1-4H3/t13?,18-,20+/m0/s1. The van der Waals surface area contributed by atoms with Gasteiger partial charge >= 0.3 is 0 Å². The summed E-state index contributed by atoms with van der Waals surface area (Å²) in [4.78, 5) is 0. The summed E-state index contributed by atoms with van der Waals surface area (Å²) in [6.07, 6.45) is 6.16. The molecule has 0 amide bonds. The number of hydrogen-bond acceptors (Lipinski definition) is 2. The highest BCUT2D eigenvalue weighted by Gasteiger charge is 2.49. The molecule has 0 bridgehead atoms. The van der Waals surface area contributed by atoms with Crippen molar-refractivity contribution >= 4 is 0 Å². The number of phenolic OH excluding ortho intramolecular Hbond substituents is 1. The Labute approximate surface area is 134 Å². The van der Waals surface area contributed by atoms with Crippen LogP contribution in [0.15, 0.2) is 12.1 Å². The maximum Gasteiger partial charge on any atom is 0.119 e. The van der Waals surface area contributed by atoms with Gasteiger partial charge < -0.3 is 10.2 Å². The van der Waals surface area contributed by atoms with E-state index < -0.39 is 0 Å². The van der Waals surface area contributed by atoms with Crippen LogP contribution in [-0.4, -0.2) is 16.8 Å². The van der Waals surface area contributed by atoms with E-state index >= 15 is 0 Å². The van der Waals surface area contributed by atoms with E-state index in [1.165, 1.54) is 36.8 Å². The van der Waals surface area contributed by atoms with Crippen molar-refractivity contribution in [2.24, 2.45) is 11.3 Å². The number of aliphatic hydroxyl groups is 1. The van der Waals surface area contributed by atoms with E-state index in [0.717, 1.165) is 12.0 Å². The number of hydrogen-bond donors (Lipinski definition) is 2. The third-order valence-corrected chi connectivity index (χ3v) is 6.60.